The normalized spacial score (nSPS) is 41.9. The molecule has 35 heavy (non-hydrogen) atoms. The molecule has 8 atom stereocenters. The van der Waals surface area contributed by atoms with Crippen LogP contribution in [0.25, 0.3) is 0 Å². The van der Waals surface area contributed by atoms with E-state index in [-0.39, 0.29) is 45.0 Å². The first kappa shape index (κ1) is 26.6. The molecular formula is C31H48O4. The summed E-state index contributed by atoms with van der Waals surface area (Å²) in [6, 6.07) is 0. The molecule has 4 aliphatic rings. The maximum atomic E-state index is 12.9. The van der Waals surface area contributed by atoms with Crippen LogP contribution in [0.3, 0.4) is 0 Å². The summed E-state index contributed by atoms with van der Waals surface area (Å²) in [5.74, 6) is -0.697. The third-order valence-electron chi connectivity index (χ3n) is 12.2. The van der Waals surface area contributed by atoms with Crippen LogP contribution in [0.5, 0.6) is 0 Å². The number of fused-ring (bicyclic) bond motifs is 4. The summed E-state index contributed by atoms with van der Waals surface area (Å²) in [5.41, 5.74) is 4.10. The van der Waals surface area contributed by atoms with Gasteiger partial charge in [-0.2, -0.15) is 0 Å². The Morgan fingerprint density at radius 2 is 1.63 bits per heavy atom. The summed E-state index contributed by atoms with van der Waals surface area (Å²) in [6.07, 6.45) is 9.07. The van der Waals surface area contributed by atoms with Crippen molar-refractivity contribution in [2.75, 3.05) is 0 Å². The molecule has 1 unspecified atom stereocenters. The molecule has 0 heterocycles. The Bertz CT molecular complexity index is 959. The smallest absolute Gasteiger partial charge is 0.310 e. The molecule has 0 radical (unpaired) electrons. The zero-order valence-corrected chi connectivity index (χ0v) is 23.2. The van der Waals surface area contributed by atoms with Gasteiger partial charge in [-0.1, -0.05) is 59.3 Å². The number of aliphatic hydroxyl groups excluding tert-OH is 1. The van der Waals surface area contributed by atoms with Crippen LogP contribution in [-0.4, -0.2) is 28.1 Å². The monoisotopic (exact) mass is 484 g/mol. The van der Waals surface area contributed by atoms with E-state index in [1.807, 2.05) is 0 Å². The molecule has 0 spiro atoms. The van der Waals surface area contributed by atoms with Crippen molar-refractivity contribution in [2.24, 2.45) is 45.3 Å². The van der Waals surface area contributed by atoms with Gasteiger partial charge in [-0.3, -0.25) is 9.59 Å². The van der Waals surface area contributed by atoms with E-state index in [9.17, 15) is 19.8 Å². The Balaban J connectivity index is 1.61. The maximum Gasteiger partial charge on any atom is 0.310 e. The first-order chi connectivity index (χ1) is 16.1. The largest absolute Gasteiger partial charge is 0.481 e. The van der Waals surface area contributed by atoms with Gasteiger partial charge in [0.15, 0.2) is 5.78 Å². The molecule has 0 bridgehead atoms. The SMILES string of the molecule is C=C(C(=O)C[C@@H](C)[C@H]1CC[C@@]2(C)C3=C(CC[C@]12C)[C@@]1(C)CC[C@@H](O)C(C)(C)[C@@H]1CC3)C(C)C(=O)O. The molecule has 4 aliphatic carbocycles. The number of aliphatic hydroxyl groups is 1. The molecule has 4 heteroatoms. The van der Waals surface area contributed by atoms with Crippen molar-refractivity contribution in [3.8, 4) is 0 Å². The van der Waals surface area contributed by atoms with E-state index in [0.29, 0.717) is 18.3 Å². The number of carboxylic acids is 1. The molecule has 0 saturated heterocycles. The van der Waals surface area contributed by atoms with Crippen LogP contribution >= 0.6 is 0 Å². The number of hydrogen-bond acceptors (Lipinski definition) is 3. The van der Waals surface area contributed by atoms with E-state index in [0.717, 1.165) is 44.9 Å². The molecule has 4 nitrogen and oxygen atoms in total. The lowest BCUT2D eigenvalue weighted by molar-refractivity contribution is -0.140. The van der Waals surface area contributed by atoms with Gasteiger partial charge in [-0.05, 0) is 97.7 Å². The van der Waals surface area contributed by atoms with Gasteiger partial charge >= 0.3 is 5.97 Å². The van der Waals surface area contributed by atoms with E-state index in [2.05, 4.69) is 48.1 Å². The zero-order chi connectivity index (χ0) is 26.1. The van der Waals surface area contributed by atoms with Gasteiger partial charge in [0.05, 0.1) is 12.0 Å². The van der Waals surface area contributed by atoms with E-state index in [1.165, 1.54) is 6.42 Å². The molecule has 2 fully saturated rings. The predicted octanol–water partition coefficient (Wildman–Crippen LogP) is 6.97. The van der Waals surface area contributed by atoms with Crippen LogP contribution in [0.15, 0.2) is 23.3 Å². The second-order valence-corrected chi connectivity index (χ2v) is 13.9. The van der Waals surface area contributed by atoms with Crippen molar-refractivity contribution >= 4 is 11.8 Å². The summed E-state index contributed by atoms with van der Waals surface area (Å²) < 4.78 is 0. The third-order valence-corrected chi connectivity index (χ3v) is 12.2. The van der Waals surface area contributed by atoms with Crippen molar-refractivity contribution < 1.29 is 19.8 Å². The lowest BCUT2D eigenvalue weighted by atomic mass is 9.43. The number of carbonyl (C=O) groups excluding carboxylic acids is 1. The average molecular weight is 485 g/mol. The minimum absolute atomic E-state index is 0.0459. The van der Waals surface area contributed by atoms with Crippen molar-refractivity contribution in [3.05, 3.63) is 23.3 Å². The Morgan fingerprint density at radius 3 is 2.26 bits per heavy atom. The summed E-state index contributed by atoms with van der Waals surface area (Å²) >= 11 is 0. The quantitative estimate of drug-likeness (QED) is 0.315. The molecule has 0 aromatic heterocycles. The number of carboxylic acid groups (broad SMARTS) is 1. The van der Waals surface area contributed by atoms with Crippen LogP contribution < -0.4 is 0 Å². The molecule has 4 rings (SSSR count). The molecule has 0 aliphatic heterocycles. The van der Waals surface area contributed by atoms with Gasteiger partial charge in [0.2, 0.25) is 0 Å². The summed E-state index contributed by atoms with van der Waals surface area (Å²) in [6.45, 7) is 19.6. The Kier molecular flexibility index (Phi) is 6.52. The van der Waals surface area contributed by atoms with Gasteiger partial charge in [-0.15, -0.1) is 0 Å². The van der Waals surface area contributed by atoms with Gasteiger partial charge < -0.3 is 10.2 Å². The van der Waals surface area contributed by atoms with Crippen molar-refractivity contribution in [3.63, 3.8) is 0 Å². The molecule has 0 aromatic rings. The minimum Gasteiger partial charge on any atom is -0.481 e. The number of allylic oxidation sites excluding steroid dienone is 2. The van der Waals surface area contributed by atoms with Crippen molar-refractivity contribution in [2.45, 2.75) is 112 Å². The fraction of sp³-hybridized carbons (Fsp3) is 0.806. The topological polar surface area (TPSA) is 74.6 Å². The van der Waals surface area contributed by atoms with Crippen molar-refractivity contribution in [1.82, 2.24) is 0 Å². The Hall–Kier alpha value is -1.42. The number of carbonyl (C=O) groups is 2. The molecule has 196 valence electrons. The highest BCUT2D eigenvalue weighted by atomic mass is 16.4. The summed E-state index contributed by atoms with van der Waals surface area (Å²) in [4.78, 5) is 24.3. The standard InChI is InChI=1S/C31H48O4/c1-18(17-24(32)19(2)20(3)27(34)35)21-11-15-31(8)23-9-10-25-28(4,5)26(33)13-14-29(25,6)22(23)12-16-30(21,31)7/h18,20-21,25-26,33H,2,9-17H2,1,3-8H3,(H,34,35)/t18-,20?,21-,25+,26-,29-,30-,31+/m1/s1. The van der Waals surface area contributed by atoms with E-state index in [4.69, 9.17) is 0 Å². The minimum atomic E-state index is -0.981. The molecule has 0 aromatic carbocycles. The first-order valence-electron chi connectivity index (χ1n) is 14.0. The van der Waals surface area contributed by atoms with Crippen LogP contribution in [0, 0.1) is 45.3 Å². The van der Waals surface area contributed by atoms with Gasteiger partial charge in [0.25, 0.3) is 0 Å². The molecular weight excluding hydrogens is 436 g/mol. The number of Topliss-reactive ketones (excluding diaryl/α,β-unsaturated/α-hetero) is 1. The highest BCUT2D eigenvalue weighted by molar-refractivity contribution is 5.99. The third kappa shape index (κ3) is 3.71. The average Bonchev–Trinajstić information content (AvgIpc) is 3.07. The fourth-order valence-electron chi connectivity index (χ4n) is 9.59. The van der Waals surface area contributed by atoms with Gasteiger partial charge in [-0.25, -0.2) is 0 Å². The maximum absolute atomic E-state index is 12.9. The molecule has 2 N–H and O–H groups in total. The Morgan fingerprint density at radius 1 is 0.971 bits per heavy atom. The van der Waals surface area contributed by atoms with E-state index < -0.39 is 11.9 Å². The number of ketones is 1. The van der Waals surface area contributed by atoms with Crippen LogP contribution in [0.1, 0.15) is 106 Å². The molecule has 0 amide bonds. The molecule has 2 saturated carbocycles. The van der Waals surface area contributed by atoms with E-state index >= 15 is 0 Å². The second kappa shape index (κ2) is 8.57. The van der Waals surface area contributed by atoms with Gasteiger partial charge in [0, 0.05) is 12.0 Å². The number of hydrogen-bond donors (Lipinski definition) is 2. The van der Waals surface area contributed by atoms with Crippen molar-refractivity contribution in [1.29, 1.82) is 0 Å². The summed E-state index contributed by atoms with van der Waals surface area (Å²) in [5, 5.41) is 20.1. The lowest BCUT2D eigenvalue weighted by Gasteiger charge is -2.62. The number of aliphatic carboxylic acids is 1. The fourth-order valence-corrected chi connectivity index (χ4v) is 9.59. The first-order valence-corrected chi connectivity index (χ1v) is 14.0. The highest BCUT2D eigenvalue weighted by Crippen LogP contribution is 2.72. The summed E-state index contributed by atoms with van der Waals surface area (Å²) in [7, 11) is 0. The lowest BCUT2D eigenvalue weighted by Crippen LogP contribution is -2.55. The highest BCUT2D eigenvalue weighted by Gasteiger charge is 2.63. The predicted molar refractivity (Wildman–Crippen MR) is 140 cm³/mol. The Labute approximate surface area is 212 Å². The van der Waals surface area contributed by atoms with Crippen LogP contribution in [0.4, 0.5) is 0 Å². The van der Waals surface area contributed by atoms with E-state index in [1.54, 1.807) is 18.1 Å². The zero-order valence-electron chi connectivity index (χ0n) is 23.2. The van der Waals surface area contributed by atoms with Crippen LogP contribution in [0.2, 0.25) is 0 Å². The van der Waals surface area contributed by atoms with Crippen LogP contribution in [-0.2, 0) is 9.59 Å². The number of rotatable bonds is 6. The van der Waals surface area contributed by atoms with Gasteiger partial charge in [0.1, 0.15) is 0 Å². The second-order valence-electron chi connectivity index (χ2n) is 13.9.